The molecule has 0 bridgehead atoms. The number of carbonyl (C=O) groups excluding carboxylic acids is 1. The number of nitrogens with one attached hydrogen (secondary N) is 1. The number of rotatable bonds is 12. The summed E-state index contributed by atoms with van der Waals surface area (Å²) in [4.78, 5) is 15.3. The molecule has 2 aromatic rings. The number of alkyl halides is 3. The van der Waals surface area contributed by atoms with Gasteiger partial charge in [-0.25, -0.2) is 4.98 Å². The first-order valence-corrected chi connectivity index (χ1v) is 13.0. The van der Waals surface area contributed by atoms with E-state index in [1.165, 1.54) is 30.5 Å². The maximum Gasteiger partial charge on any atom is 0.573 e. The van der Waals surface area contributed by atoms with E-state index in [0.717, 1.165) is 49.7 Å². The van der Waals surface area contributed by atoms with Gasteiger partial charge in [0.25, 0.3) is 0 Å². The van der Waals surface area contributed by atoms with Crippen molar-refractivity contribution in [1.82, 2.24) is 4.98 Å². The normalized spacial score (nSPS) is 14.0. The number of Topliss-reactive ketones (excluding diaryl/α,β-unsaturated/α-hetero) is 1. The van der Waals surface area contributed by atoms with Crippen molar-refractivity contribution in [3.63, 3.8) is 0 Å². The van der Waals surface area contributed by atoms with Gasteiger partial charge in [-0.05, 0) is 79.1 Å². The fraction of sp³-hybridized carbons (Fsp3) is 0.448. The van der Waals surface area contributed by atoms with Crippen LogP contribution in [0.1, 0.15) is 82.9 Å². The quantitative estimate of drug-likeness (QED) is 0.262. The molecule has 0 fully saturated rings. The molecule has 0 saturated heterocycles. The molecule has 1 unspecified atom stereocenters. The van der Waals surface area contributed by atoms with E-state index in [1.54, 1.807) is 6.07 Å². The summed E-state index contributed by atoms with van der Waals surface area (Å²) in [5, 5.41) is 22.8. The number of pyridine rings is 1. The van der Waals surface area contributed by atoms with Crippen LogP contribution in [-0.2, 0) is 4.79 Å². The first-order chi connectivity index (χ1) is 18.1. The summed E-state index contributed by atoms with van der Waals surface area (Å²) in [7, 11) is 0. The second-order valence-electron chi connectivity index (χ2n) is 8.83. The van der Waals surface area contributed by atoms with Crippen LogP contribution in [-0.4, -0.2) is 33.9 Å². The van der Waals surface area contributed by atoms with E-state index in [0.29, 0.717) is 34.8 Å². The lowest BCUT2D eigenvalue weighted by molar-refractivity contribution is -0.274. The second-order valence-corrected chi connectivity index (χ2v) is 8.83. The summed E-state index contributed by atoms with van der Waals surface area (Å²) in [6.45, 7) is 5.64. The molecule has 0 spiro atoms. The van der Waals surface area contributed by atoms with Crippen molar-refractivity contribution in [1.29, 1.82) is 0 Å². The number of anilines is 2. The van der Waals surface area contributed by atoms with Gasteiger partial charge in [0.1, 0.15) is 17.7 Å². The monoisotopic (exact) mass is 534 g/mol. The highest BCUT2D eigenvalue weighted by Gasteiger charge is 2.31. The molecule has 6 nitrogen and oxygen atoms in total. The number of carbonyl (C=O) groups is 1. The van der Waals surface area contributed by atoms with E-state index in [2.05, 4.69) is 28.0 Å². The molecule has 0 amide bonds. The molecule has 1 aliphatic rings. The van der Waals surface area contributed by atoms with Crippen molar-refractivity contribution in [2.75, 3.05) is 11.9 Å². The molecule has 9 heteroatoms. The van der Waals surface area contributed by atoms with Gasteiger partial charge in [-0.2, -0.15) is 0 Å². The Morgan fingerprint density at radius 3 is 2.34 bits per heavy atom. The van der Waals surface area contributed by atoms with Gasteiger partial charge in [0.05, 0.1) is 6.61 Å². The summed E-state index contributed by atoms with van der Waals surface area (Å²) in [5.41, 5.74) is 3.75. The topological polar surface area (TPSA) is 91.7 Å². The number of halogens is 3. The Kier molecular flexibility index (Phi) is 12.5. The van der Waals surface area contributed by atoms with Gasteiger partial charge in [-0.3, -0.25) is 4.79 Å². The standard InChI is InChI=1S/C21H25F3N2O3.C8H12O/c1-3-5-6-14(4-2)19-17(18(28)13-27)11-12-25-20(19)26-15-7-9-16(10-8-15)29-21(22,23)24;1-2-4-8(9)7-5-3-6-7/h6-12,18,27-28H,3-5,13H2,1-2H3,(H,25,26);5H,2-4,6H2,1H3/b14-6-;. The fourth-order valence-corrected chi connectivity index (χ4v) is 3.83. The highest BCUT2D eigenvalue weighted by Crippen LogP contribution is 2.34. The predicted octanol–water partition coefficient (Wildman–Crippen LogP) is 7.42. The van der Waals surface area contributed by atoms with Gasteiger partial charge in [0, 0.05) is 23.9 Å². The molecule has 3 N–H and O–H groups in total. The molecule has 1 aromatic heterocycles. The van der Waals surface area contributed by atoms with Crippen molar-refractivity contribution in [3.8, 4) is 5.75 Å². The average molecular weight is 535 g/mol. The van der Waals surface area contributed by atoms with E-state index in [4.69, 9.17) is 0 Å². The number of unbranched alkanes of at least 4 members (excludes halogenated alkanes) is 1. The maximum atomic E-state index is 12.3. The second kappa shape index (κ2) is 15.3. The van der Waals surface area contributed by atoms with E-state index >= 15 is 0 Å². The first-order valence-electron chi connectivity index (χ1n) is 13.0. The molecule has 1 aliphatic carbocycles. The number of aliphatic hydroxyl groups is 2. The van der Waals surface area contributed by atoms with Crippen molar-refractivity contribution in [3.05, 3.63) is 65.4 Å². The van der Waals surface area contributed by atoms with Crippen LogP contribution in [0.3, 0.4) is 0 Å². The predicted molar refractivity (Wildman–Crippen MR) is 143 cm³/mol. The zero-order valence-corrected chi connectivity index (χ0v) is 22.1. The molecule has 0 radical (unpaired) electrons. The van der Waals surface area contributed by atoms with Crippen molar-refractivity contribution < 1.29 is 32.9 Å². The van der Waals surface area contributed by atoms with Gasteiger partial charge >= 0.3 is 6.36 Å². The smallest absolute Gasteiger partial charge is 0.406 e. The molecule has 0 aliphatic heterocycles. The minimum atomic E-state index is -4.75. The molecule has 3 rings (SSSR count). The van der Waals surface area contributed by atoms with E-state index < -0.39 is 19.1 Å². The molecule has 208 valence electrons. The van der Waals surface area contributed by atoms with Crippen LogP contribution in [0.2, 0.25) is 0 Å². The lowest BCUT2D eigenvalue weighted by Crippen LogP contribution is -2.17. The summed E-state index contributed by atoms with van der Waals surface area (Å²) in [5.74, 6) is 0.491. The molecule has 1 atom stereocenters. The third-order valence-electron chi connectivity index (χ3n) is 5.89. The molecule has 38 heavy (non-hydrogen) atoms. The van der Waals surface area contributed by atoms with Crippen molar-refractivity contribution in [2.24, 2.45) is 0 Å². The molecular formula is C29H37F3N2O4. The van der Waals surface area contributed by atoms with Crippen LogP contribution in [0.5, 0.6) is 5.75 Å². The number of hydrogen-bond acceptors (Lipinski definition) is 6. The third kappa shape index (κ3) is 9.61. The maximum absolute atomic E-state index is 12.3. The van der Waals surface area contributed by atoms with E-state index in [9.17, 15) is 28.2 Å². The highest BCUT2D eigenvalue weighted by molar-refractivity contribution is 5.96. The first kappa shape index (κ1) is 31.1. The van der Waals surface area contributed by atoms with Crippen LogP contribution in [0, 0.1) is 0 Å². The van der Waals surface area contributed by atoms with E-state index in [1.807, 2.05) is 19.9 Å². The zero-order valence-electron chi connectivity index (χ0n) is 22.1. The SMILES string of the molecule is CCC/C=C(/CC)c1c(C(O)CO)ccnc1Nc1ccc(OC(F)(F)F)cc1.CCCC(=O)C1=CCC1. The number of ketones is 1. The van der Waals surface area contributed by atoms with Crippen LogP contribution in [0.4, 0.5) is 24.7 Å². The Labute approximate surface area is 222 Å². The highest BCUT2D eigenvalue weighted by atomic mass is 19.4. The lowest BCUT2D eigenvalue weighted by atomic mass is 9.93. The van der Waals surface area contributed by atoms with Gasteiger partial charge in [-0.1, -0.05) is 39.3 Å². The van der Waals surface area contributed by atoms with Gasteiger partial charge in [-0.15, -0.1) is 13.2 Å². The average Bonchev–Trinajstić information content (AvgIpc) is 2.84. The van der Waals surface area contributed by atoms with Gasteiger partial charge < -0.3 is 20.3 Å². The molecule has 1 aromatic carbocycles. The third-order valence-corrected chi connectivity index (χ3v) is 5.89. The number of ether oxygens (including phenoxy) is 1. The number of benzene rings is 1. The Morgan fingerprint density at radius 2 is 1.84 bits per heavy atom. The number of aliphatic hydroxyl groups excluding tert-OH is 2. The number of allylic oxidation sites excluding steroid dienone is 4. The van der Waals surface area contributed by atoms with Crippen LogP contribution >= 0.6 is 0 Å². The lowest BCUT2D eigenvalue weighted by Gasteiger charge is -2.20. The Balaban J connectivity index is 0.000000474. The van der Waals surface area contributed by atoms with Crippen LogP contribution < -0.4 is 10.1 Å². The van der Waals surface area contributed by atoms with Gasteiger partial charge in [0.15, 0.2) is 5.78 Å². The van der Waals surface area contributed by atoms with Crippen molar-refractivity contribution >= 4 is 22.9 Å². The minimum Gasteiger partial charge on any atom is -0.406 e. The van der Waals surface area contributed by atoms with Crippen molar-refractivity contribution in [2.45, 2.75) is 78.2 Å². The Bertz CT molecular complexity index is 1100. The van der Waals surface area contributed by atoms with Crippen LogP contribution in [0.25, 0.3) is 5.57 Å². The van der Waals surface area contributed by atoms with E-state index in [-0.39, 0.29) is 5.75 Å². The summed E-state index contributed by atoms with van der Waals surface area (Å²) in [6.07, 6.45) is 6.13. The molecule has 1 heterocycles. The number of aromatic nitrogens is 1. The Morgan fingerprint density at radius 1 is 1.16 bits per heavy atom. The largest absolute Gasteiger partial charge is 0.573 e. The Hall–Kier alpha value is -3.17. The number of nitrogens with zero attached hydrogens (tertiary/aromatic N) is 1. The minimum absolute atomic E-state index is 0.322. The summed E-state index contributed by atoms with van der Waals surface area (Å²) in [6, 6.07) is 6.95. The van der Waals surface area contributed by atoms with Crippen LogP contribution in [0.15, 0.2) is 54.3 Å². The summed E-state index contributed by atoms with van der Waals surface area (Å²) >= 11 is 0. The van der Waals surface area contributed by atoms with Gasteiger partial charge in [0.2, 0.25) is 0 Å². The number of hydrogen-bond donors (Lipinski definition) is 3. The zero-order chi connectivity index (χ0) is 28.1. The summed E-state index contributed by atoms with van der Waals surface area (Å²) < 4.78 is 40.9. The fourth-order valence-electron chi connectivity index (χ4n) is 3.83. The molecular weight excluding hydrogens is 497 g/mol. The molecule has 0 saturated carbocycles.